The second kappa shape index (κ2) is 5.49. The van der Waals surface area contributed by atoms with Gasteiger partial charge in [-0.3, -0.25) is 4.79 Å². The molecule has 2 N–H and O–H groups in total. The van der Waals surface area contributed by atoms with E-state index in [0.717, 1.165) is 17.7 Å². The molecule has 0 unspecified atom stereocenters. The van der Waals surface area contributed by atoms with E-state index in [1.165, 1.54) is 11.3 Å². The minimum absolute atomic E-state index is 0.156. The summed E-state index contributed by atoms with van der Waals surface area (Å²) in [6.45, 7) is 2.54. The van der Waals surface area contributed by atoms with E-state index in [1.807, 2.05) is 6.92 Å². The van der Waals surface area contributed by atoms with E-state index in [4.69, 9.17) is 9.84 Å². The van der Waals surface area contributed by atoms with E-state index in [0.29, 0.717) is 18.0 Å². The van der Waals surface area contributed by atoms with Gasteiger partial charge in [-0.2, -0.15) is 0 Å². The summed E-state index contributed by atoms with van der Waals surface area (Å²) in [7, 11) is 0. The van der Waals surface area contributed by atoms with Crippen LogP contribution in [-0.4, -0.2) is 29.7 Å². The number of hydrogen-bond acceptors (Lipinski definition) is 4. The fraction of sp³-hybridized carbons (Fsp3) is 0.500. The Hall–Kier alpha value is -1.40. The minimum Gasteiger partial charge on any atom is -0.478 e. The van der Waals surface area contributed by atoms with Crippen molar-refractivity contribution in [1.29, 1.82) is 0 Å². The number of thiophene rings is 1. The molecule has 1 atom stereocenters. The number of aryl methyl sites for hydroxylation is 1. The molecule has 1 aliphatic heterocycles. The van der Waals surface area contributed by atoms with Crippen LogP contribution < -0.4 is 5.32 Å². The summed E-state index contributed by atoms with van der Waals surface area (Å²) in [5.41, 5.74) is 0.156. The first-order valence-corrected chi connectivity index (χ1v) is 6.72. The van der Waals surface area contributed by atoms with Crippen LogP contribution in [0.25, 0.3) is 0 Å². The zero-order chi connectivity index (χ0) is 13.1. The van der Waals surface area contributed by atoms with E-state index < -0.39 is 12.1 Å². The van der Waals surface area contributed by atoms with Crippen LogP contribution in [0.5, 0.6) is 0 Å². The molecule has 5 nitrogen and oxygen atoms in total. The van der Waals surface area contributed by atoms with E-state index in [9.17, 15) is 9.59 Å². The average molecular weight is 269 g/mol. The molecule has 2 heterocycles. The molecule has 1 amide bonds. The molecule has 0 aliphatic carbocycles. The molecular weight excluding hydrogens is 254 g/mol. The second-order valence-corrected chi connectivity index (χ2v) is 5.24. The lowest BCUT2D eigenvalue weighted by atomic mass is 10.2. The van der Waals surface area contributed by atoms with Crippen molar-refractivity contribution in [1.82, 2.24) is 0 Å². The van der Waals surface area contributed by atoms with E-state index >= 15 is 0 Å². The molecule has 98 valence electrons. The molecule has 1 aliphatic rings. The Bertz CT molecular complexity index is 463. The Kier molecular flexibility index (Phi) is 3.98. The van der Waals surface area contributed by atoms with Gasteiger partial charge in [-0.1, -0.05) is 6.92 Å². The number of nitrogens with one attached hydrogen (secondary N) is 1. The third-order valence-corrected chi connectivity index (χ3v) is 4.02. The Morgan fingerprint density at radius 2 is 2.39 bits per heavy atom. The summed E-state index contributed by atoms with van der Waals surface area (Å²) in [5, 5.41) is 12.1. The summed E-state index contributed by atoms with van der Waals surface area (Å²) in [6.07, 6.45) is 1.87. The van der Waals surface area contributed by atoms with Crippen molar-refractivity contribution < 1.29 is 19.4 Å². The van der Waals surface area contributed by atoms with Crippen LogP contribution in [0.15, 0.2) is 6.07 Å². The van der Waals surface area contributed by atoms with Gasteiger partial charge in [0, 0.05) is 11.5 Å². The molecule has 2 rings (SSSR count). The fourth-order valence-corrected chi connectivity index (χ4v) is 2.84. The summed E-state index contributed by atoms with van der Waals surface area (Å²) in [5.74, 6) is -1.27. The average Bonchev–Trinajstić information content (AvgIpc) is 2.97. The molecule has 6 heteroatoms. The van der Waals surface area contributed by atoms with Gasteiger partial charge in [0.2, 0.25) is 0 Å². The summed E-state index contributed by atoms with van der Waals surface area (Å²) in [4.78, 5) is 23.9. The molecule has 0 saturated carbocycles. The number of carboxylic acid groups (broad SMARTS) is 1. The Labute approximate surface area is 109 Å². The number of ether oxygens (including phenoxy) is 1. The van der Waals surface area contributed by atoms with Crippen LogP contribution in [0.1, 0.15) is 35.0 Å². The smallest absolute Gasteiger partial charge is 0.338 e. The molecule has 0 bridgehead atoms. The molecule has 18 heavy (non-hydrogen) atoms. The summed E-state index contributed by atoms with van der Waals surface area (Å²) in [6, 6.07) is 1.61. The van der Waals surface area contributed by atoms with E-state index in [1.54, 1.807) is 6.07 Å². The number of carbonyl (C=O) groups excluding carboxylic acids is 1. The molecule has 0 radical (unpaired) electrons. The van der Waals surface area contributed by atoms with Crippen molar-refractivity contribution in [3.8, 4) is 0 Å². The zero-order valence-electron chi connectivity index (χ0n) is 10.1. The maximum Gasteiger partial charge on any atom is 0.338 e. The Balaban J connectivity index is 2.14. The van der Waals surface area contributed by atoms with Crippen LogP contribution in [0.3, 0.4) is 0 Å². The quantitative estimate of drug-likeness (QED) is 0.878. The summed E-state index contributed by atoms with van der Waals surface area (Å²) < 4.78 is 5.27. The largest absolute Gasteiger partial charge is 0.478 e. The standard InChI is InChI=1S/C12H15NO4S/c1-2-7-6-8(12(15)16)11(18-7)13-10(14)9-4-3-5-17-9/h6,9H,2-5H2,1H3,(H,13,14)(H,15,16)/t9-/m1/s1. The first-order valence-electron chi connectivity index (χ1n) is 5.90. The highest BCUT2D eigenvalue weighted by Gasteiger charge is 2.25. The van der Waals surface area contributed by atoms with Gasteiger partial charge in [-0.15, -0.1) is 11.3 Å². The first-order chi connectivity index (χ1) is 8.61. The first kappa shape index (κ1) is 13.0. The molecule has 0 aromatic carbocycles. The molecule has 1 aromatic rings. The van der Waals surface area contributed by atoms with Gasteiger partial charge in [0.1, 0.15) is 11.1 Å². The monoisotopic (exact) mass is 269 g/mol. The van der Waals surface area contributed by atoms with Crippen molar-refractivity contribution in [2.24, 2.45) is 0 Å². The minimum atomic E-state index is -1.02. The number of amides is 1. The maximum absolute atomic E-state index is 11.9. The van der Waals surface area contributed by atoms with Crippen molar-refractivity contribution in [2.75, 3.05) is 11.9 Å². The number of hydrogen-bond donors (Lipinski definition) is 2. The number of anilines is 1. The molecular formula is C12H15NO4S. The Morgan fingerprint density at radius 1 is 1.61 bits per heavy atom. The number of carbonyl (C=O) groups is 2. The van der Waals surface area contributed by atoms with Gasteiger partial charge in [0.05, 0.1) is 5.56 Å². The van der Waals surface area contributed by atoms with Crippen LogP contribution in [0.2, 0.25) is 0 Å². The van der Waals surface area contributed by atoms with Gasteiger partial charge >= 0.3 is 5.97 Å². The normalized spacial score (nSPS) is 18.8. The van der Waals surface area contributed by atoms with Crippen molar-refractivity contribution in [3.05, 3.63) is 16.5 Å². The Morgan fingerprint density at radius 3 is 2.94 bits per heavy atom. The highest BCUT2D eigenvalue weighted by molar-refractivity contribution is 7.16. The third-order valence-electron chi connectivity index (χ3n) is 2.82. The fourth-order valence-electron chi connectivity index (χ4n) is 1.84. The molecule has 0 spiro atoms. The topological polar surface area (TPSA) is 75.6 Å². The van der Waals surface area contributed by atoms with Crippen molar-refractivity contribution in [2.45, 2.75) is 32.3 Å². The molecule has 1 aromatic heterocycles. The maximum atomic E-state index is 11.9. The lowest BCUT2D eigenvalue weighted by molar-refractivity contribution is -0.124. The van der Waals surface area contributed by atoms with Crippen molar-refractivity contribution >= 4 is 28.2 Å². The highest BCUT2D eigenvalue weighted by Crippen LogP contribution is 2.29. The lowest BCUT2D eigenvalue weighted by Crippen LogP contribution is -2.27. The van der Waals surface area contributed by atoms with Crippen LogP contribution in [0.4, 0.5) is 5.00 Å². The molecule has 1 fully saturated rings. The van der Waals surface area contributed by atoms with Gasteiger partial charge < -0.3 is 15.2 Å². The predicted molar refractivity (Wildman–Crippen MR) is 68.3 cm³/mol. The van der Waals surface area contributed by atoms with E-state index in [2.05, 4.69) is 5.32 Å². The lowest BCUT2D eigenvalue weighted by Gasteiger charge is -2.09. The SMILES string of the molecule is CCc1cc(C(=O)O)c(NC(=O)[C@H]2CCCO2)s1. The van der Waals surface area contributed by atoms with Crippen LogP contribution in [0, 0.1) is 0 Å². The second-order valence-electron chi connectivity index (χ2n) is 4.11. The van der Waals surface area contributed by atoms with Crippen LogP contribution >= 0.6 is 11.3 Å². The van der Waals surface area contributed by atoms with Gasteiger partial charge in [0.25, 0.3) is 5.91 Å². The third kappa shape index (κ3) is 2.70. The summed E-state index contributed by atoms with van der Waals surface area (Å²) >= 11 is 1.31. The predicted octanol–water partition coefficient (Wildman–Crippen LogP) is 2.13. The van der Waals surface area contributed by atoms with Gasteiger partial charge in [-0.25, -0.2) is 4.79 Å². The zero-order valence-corrected chi connectivity index (χ0v) is 10.9. The number of carboxylic acids is 1. The highest BCUT2D eigenvalue weighted by atomic mass is 32.1. The van der Waals surface area contributed by atoms with Gasteiger partial charge in [-0.05, 0) is 25.3 Å². The number of aromatic carboxylic acids is 1. The van der Waals surface area contributed by atoms with Crippen molar-refractivity contribution in [3.63, 3.8) is 0 Å². The molecule has 1 saturated heterocycles. The number of rotatable bonds is 4. The van der Waals surface area contributed by atoms with Gasteiger partial charge in [0.15, 0.2) is 0 Å². The van der Waals surface area contributed by atoms with Crippen LogP contribution in [-0.2, 0) is 16.0 Å². The van der Waals surface area contributed by atoms with E-state index in [-0.39, 0.29) is 11.5 Å².